The normalized spacial score (nSPS) is 11.8. The minimum absolute atomic E-state index is 0.115. The molecular weight excluding hydrogens is 455 g/mol. The van der Waals surface area contributed by atoms with Gasteiger partial charge in [-0.3, -0.25) is 9.36 Å². The molecule has 0 saturated heterocycles. The topological polar surface area (TPSA) is 59.8 Å². The smallest absolute Gasteiger partial charge is 0.230 e. The number of hydrogen-bond acceptors (Lipinski definition) is 4. The highest BCUT2D eigenvalue weighted by Gasteiger charge is 2.18. The van der Waals surface area contributed by atoms with Crippen molar-refractivity contribution in [3.8, 4) is 11.4 Å². The predicted octanol–water partition coefficient (Wildman–Crippen LogP) is 5.00. The predicted molar refractivity (Wildman–Crippen MR) is 117 cm³/mol. The fourth-order valence-corrected chi connectivity index (χ4v) is 3.80. The molecule has 0 aliphatic carbocycles. The number of halogens is 2. The van der Waals surface area contributed by atoms with Crippen LogP contribution in [0.3, 0.4) is 0 Å². The van der Waals surface area contributed by atoms with Gasteiger partial charge in [-0.15, -0.1) is 16.8 Å². The average Bonchev–Trinajstić information content (AvgIpc) is 3.10. The van der Waals surface area contributed by atoms with Crippen molar-refractivity contribution in [2.45, 2.75) is 24.7 Å². The summed E-state index contributed by atoms with van der Waals surface area (Å²) in [7, 11) is 0. The molecule has 0 fully saturated rings. The Morgan fingerprint density at radius 1 is 1.28 bits per heavy atom. The van der Waals surface area contributed by atoms with E-state index in [1.807, 2.05) is 31.2 Å². The number of hydrogen-bond donors (Lipinski definition) is 1. The van der Waals surface area contributed by atoms with Crippen LogP contribution < -0.4 is 5.32 Å². The van der Waals surface area contributed by atoms with Crippen LogP contribution >= 0.6 is 27.7 Å². The third-order valence-electron chi connectivity index (χ3n) is 4.22. The first-order valence-electron chi connectivity index (χ1n) is 8.96. The number of amides is 1. The summed E-state index contributed by atoms with van der Waals surface area (Å²) < 4.78 is 16.9. The lowest BCUT2D eigenvalue weighted by Gasteiger charge is -2.14. The number of benzene rings is 2. The third-order valence-corrected chi connectivity index (χ3v) is 5.72. The van der Waals surface area contributed by atoms with Gasteiger partial charge in [-0.25, -0.2) is 4.39 Å². The molecular formula is C21H20BrFN4OS. The number of aromatic nitrogens is 3. The van der Waals surface area contributed by atoms with Crippen LogP contribution in [0.2, 0.25) is 0 Å². The number of rotatable bonds is 8. The molecule has 0 spiro atoms. The molecule has 1 amide bonds. The van der Waals surface area contributed by atoms with E-state index in [0.717, 1.165) is 10.0 Å². The molecule has 8 heteroatoms. The van der Waals surface area contributed by atoms with Crippen molar-refractivity contribution in [3.63, 3.8) is 0 Å². The van der Waals surface area contributed by atoms with Crippen molar-refractivity contribution in [1.82, 2.24) is 20.1 Å². The Labute approximate surface area is 181 Å². The maximum absolute atomic E-state index is 14.2. The summed E-state index contributed by atoms with van der Waals surface area (Å²) in [5.74, 6) is 0.0934. The van der Waals surface area contributed by atoms with Crippen molar-refractivity contribution in [2.75, 3.05) is 5.75 Å². The van der Waals surface area contributed by atoms with Gasteiger partial charge < -0.3 is 5.32 Å². The molecule has 1 atom stereocenters. The summed E-state index contributed by atoms with van der Waals surface area (Å²) in [5, 5.41) is 11.8. The zero-order valence-electron chi connectivity index (χ0n) is 15.8. The summed E-state index contributed by atoms with van der Waals surface area (Å²) in [4.78, 5) is 12.4. The SMILES string of the molecule is C=CCn1c(SCC(=O)NC(C)c2ccc(Br)cc2)nnc1-c1ccccc1F. The van der Waals surface area contributed by atoms with Gasteiger partial charge in [-0.2, -0.15) is 0 Å². The van der Waals surface area contributed by atoms with E-state index in [2.05, 4.69) is 38.0 Å². The van der Waals surface area contributed by atoms with E-state index in [1.54, 1.807) is 28.8 Å². The van der Waals surface area contributed by atoms with E-state index < -0.39 is 0 Å². The van der Waals surface area contributed by atoms with Gasteiger partial charge in [0.05, 0.1) is 17.4 Å². The quantitative estimate of drug-likeness (QED) is 0.368. The van der Waals surface area contributed by atoms with Crippen molar-refractivity contribution < 1.29 is 9.18 Å². The van der Waals surface area contributed by atoms with E-state index in [1.165, 1.54) is 17.8 Å². The molecule has 1 heterocycles. The molecule has 3 rings (SSSR count). The first-order valence-corrected chi connectivity index (χ1v) is 10.7. The van der Waals surface area contributed by atoms with Gasteiger partial charge in [0.1, 0.15) is 5.82 Å². The summed E-state index contributed by atoms with van der Waals surface area (Å²) in [6.45, 7) is 6.09. The Kier molecular flexibility index (Phi) is 7.22. The minimum Gasteiger partial charge on any atom is -0.349 e. The van der Waals surface area contributed by atoms with Crippen LogP contribution in [0.1, 0.15) is 18.5 Å². The van der Waals surface area contributed by atoms with Crippen LogP contribution in [0.5, 0.6) is 0 Å². The maximum atomic E-state index is 14.2. The Morgan fingerprint density at radius 2 is 2.00 bits per heavy atom. The molecule has 0 radical (unpaired) electrons. The zero-order valence-corrected chi connectivity index (χ0v) is 18.2. The van der Waals surface area contributed by atoms with Gasteiger partial charge >= 0.3 is 0 Å². The van der Waals surface area contributed by atoms with Crippen molar-refractivity contribution in [1.29, 1.82) is 0 Å². The highest BCUT2D eigenvalue weighted by atomic mass is 79.9. The summed E-state index contributed by atoms with van der Waals surface area (Å²) in [6.07, 6.45) is 1.69. The molecule has 0 saturated carbocycles. The van der Waals surface area contributed by atoms with Crippen LogP contribution in [0.15, 0.2) is 70.8 Å². The Hall–Kier alpha value is -2.45. The van der Waals surface area contributed by atoms with Crippen molar-refractivity contribution in [3.05, 3.63) is 77.0 Å². The standard InChI is InChI=1S/C21H20BrFN4OS/c1-3-12-27-20(17-6-4-5-7-18(17)23)25-26-21(27)29-13-19(28)24-14(2)15-8-10-16(22)11-9-15/h3-11,14H,1,12-13H2,2H3,(H,24,28). The van der Waals surface area contributed by atoms with E-state index in [9.17, 15) is 9.18 Å². The van der Waals surface area contributed by atoms with Crippen LogP contribution in [0.25, 0.3) is 11.4 Å². The molecule has 1 unspecified atom stereocenters. The second-order valence-electron chi connectivity index (χ2n) is 6.31. The lowest BCUT2D eigenvalue weighted by atomic mass is 10.1. The molecule has 0 aliphatic heterocycles. The molecule has 29 heavy (non-hydrogen) atoms. The van der Waals surface area contributed by atoms with Crippen LogP contribution in [-0.2, 0) is 11.3 Å². The second kappa shape index (κ2) is 9.84. The first kappa shape index (κ1) is 21.3. The molecule has 150 valence electrons. The molecule has 0 aliphatic rings. The largest absolute Gasteiger partial charge is 0.349 e. The highest BCUT2D eigenvalue weighted by Crippen LogP contribution is 2.26. The lowest BCUT2D eigenvalue weighted by molar-refractivity contribution is -0.119. The van der Waals surface area contributed by atoms with Gasteiger partial charge in [0.15, 0.2) is 11.0 Å². The van der Waals surface area contributed by atoms with E-state index in [4.69, 9.17) is 0 Å². The molecule has 1 N–H and O–H groups in total. The van der Waals surface area contributed by atoms with Crippen molar-refractivity contribution in [2.24, 2.45) is 0 Å². The lowest BCUT2D eigenvalue weighted by Crippen LogP contribution is -2.28. The van der Waals surface area contributed by atoms with E-state index in [0.29, 0.717) is 23.1 Å². The van der Waals surface area contributed by atoms with Gasteiger partial charge in [-0.1, -0.05) is 58.0 Å². The maximum Gasteiger partial charge on any atom is 0.230 e. The monoisotopic (exact) mass is 474 g/mol. The zero-order chi connectivity index (χ0) is 20.8. The van der Waals surface area contributed by atoms with E-state index >= 15 is 0 Å². The Morgan fingerprint density at radius 3 is 2.69 bits per heavy atom. The third kappa shape index (κ3) is 5.33. The Balaban J connectivity index is 1.68. The van der Waals surface area contributed by atoms with Crippen LogP contribution in [0.4, 0.5) is 4.39 Å². The minimum atomic E-state index is -0.372. The van der Waals surface area contributed by atoms with Crippen LogP contribution in [0, 0.1) is 5.82 Å². The number of nitrogens with zero attached hydrogens (tertiary/aromatic N) is 3. The number of allylic oxidation sites excluding steroid dienone is 1. The summed E-state index contributed by atoms with van der Waals surface area (Å²) >= 11 is 4.66. The molecule has 5 nitrogen and oxygen atoms in total. The fourth-order valence-electron chi connectivity index (χ4n) is 2.78. The summed E-state index contributed by atoms with van der Waals surface area (Å²) in [5.41, 5.74) is 1.38. The second-order valence-corrected chi connectivity index (χ2v) is 8.17. The van der Waals surface area contributed by atoms with Gasteiger partial charge in [0.25, 0.3) is 0 Å². The molecule has 0 bridgehead atoms. The van der Waals surface area contributed by atoms with Crippen LogP contribution in [-0.4, -0.2) is 26.4 Å². The first-order chi connectivity index (χ1) is 14.0. The van der Waals surface area contributed by atoms with Gasteiger partial charge in [0.2, 0.25) is 5.91 Å². The molecule has 3 aromatic rings. The molecule has 2 aromatic carbocycles. The molecule has 1 aromatic heterocycles. The number of carbonyl (C=O) groups is 1. The number of thioether (sulfide) groups is 1. The van der Waals surface area contributed by atoms with Gasteiger partial charge in [0, 0.05) is 11.0 Å². The van der Waals surface area contributed by atoms with Gasteiger partial charge in [-0.05, 0) is 36.8 Å². The fraction of sp³-hybridized carbons (Fsp3) is 0.190. The number of nitrogens with one attached hydrogen (secondary N) is 1. The summed E-state index contributed by atoms with van der Waals surface area (Å²) in [6, 6.07) is 14.1. The van der Waals surface area contributed by atoms with Crippen molar-refractivity contribution >= 4 is 33.6 Å². The van der Waals surface area contributed by atoms with E-state index in [-0.39, 0.29) is 23.5 Å². The number of carbonyl (C=O) groups excluding carboxylic acids is 1. The Bertz CT molecular complexity index is 1010. The highest BCUT2D eigenvalue weighted by molar-refractivity contribution is 9.10. The average molecular weight is 475 g/mol.